The average molecular weight is 731 g/mol. The van der Waals surface area contributed by atoms with E-state index in [9.17, 15) is 0 Å². The predicted molar refractivity (Wildman–Crippen MR) is 239 cm³/mol. The fraction of sp³-hybridized carbons (Fsp3) is 0. The van der Waals surface area contributed by atoms with E-state index in [0.717, 1.165) is 67.2 Å². The van der Waals surface area contributed by atoms with E-state index < -0.39 is 0 Å². The zero-order valence-electron chi connectivity index (χ0n) is 31.2. The summed E-state index contributed by atoms with van der Waals surface area (Å²) in [5.74, 6) is 0. The van der Waals surface area contributed by atoms with Crippen LogP contribution in [0.25, 0.3) is 55.3 Å². The number of anilines is 6. The summed E-state index contributed by atoms with van der Waals surface area (Å²) in [4.78, 5) is 4.61. The van der Waals surface area contributed by atoms with Gasteiger partial charge in [-0.2, -0.15) is 0 Å². The smallest absolute Gasteiger partial charge is 0.159 e. The monoisotopic (exact) mass is 730 g/mol. The summed E-state index contributed by atoms with van der Waals surface area (Å²) in [5, 5.41) is 2.21. The van der Waals surface area contributed by atoms with Crippen molar-refractivity contribution in [3.63, 3.8) is 0 Å². The molecule has 0 aliphatic heterocycles. The summed E-state index contributed by atoms with van der Waals surface area (Å²) < 4.78 is 6.57. The van der Waals surface area contributed by atoms with Crippen LogP contribution >= 0.6 is 0 Å². The van der Waals surface area contributed by atoms with Crippen LogP contribution in [0, 0.1) is 0 Å². The molecular formula is C54H38N2O. The van der Waals surface area contributed by atoms with Gasteiger partial charge < -0.3 is 14.2 Å². The first-order chi connectivity index (χ1) is 28.3. The van der Waals surface area contributed by atoms with Crippen LogP contribution in [0.5, 0.6) is 0 Å². The molecule has 0 saturated heterocycles. The van der Waals surface area contributed by atoms with Gasteiger partial charge in [0, 0.05) is 39.2 Å². The first-order valence-electron chi connectivity index (χ1n) is 19.3. The van der Waals surface area contributed by atoms with Gasteiger partial charge in [0.15, 0.2) is 5.58 Å². The van der Waals surface area contributed by atoms with Gasteiger partial charge in [0.1, 0.15) is 5.58 Å². The molecule has 0 fully saturated rings. The minimum atomic E-state index is 0.864. The van der Waals surface area contributed by atoms with Crippen molar-refractivity contribution < 1.29 is 4.42 Å². The largest absolute Gasteiger partial charge is 0.454 e. The zero-order chi connectivity index (χ0) is 38.0. The van der Waals surface area contributed by atoms with Crippen LogP contribution in [-0.4, -0.2) is 0 Å². The van der Waals surface area contributed by atoms with Crippen molar-refractivity contribution >= 4 is 56.1 Å². The van der Waals surface area contributed by atoms with Crippen LogP contribution in [0.2, 0.25) is 0 Å². The highest BCUT2D eigenvalue weighted by Gasteiger charge is 2.20. The number of furan rings is 1. The molecule has 270 valence electrons. The van der Waals surface area contributed by atoms with Crippen molar-refractivity contribution in [2.24, 2.45) is 0 Å². The highest BCUT2D eigenvalue weighted by molar-refractivity contribution is 6.10. The van der Waals surface area contributed by atoms with Gasteiger partial charge in [0.05, 0.1) is 5.69 Å². The highest BCUT2D eigenvalue weighted by Crippen LogP contribution is 2.43. The van der Waals surface area contributed by atoms with Crippen molar-refractivity contribution in [3.05, 3.63) is 231 Å². The molecule has 0 radical (unpaired) electrons. The van der Waals surface area contributed by atoms with Crippen molar-refractivity contribution in [1.82, 2.24) is 0 Å². The van der Waals surface area contributed by atoms with E-state index in [1.165, 1.54) is 22.3 Å². The minimum absolute atomic E-state index is 0.864. The van der Waals surface area contributed by atoms with Gasteiger partial charge in [-0.1, -0.05) is 158 Å². The van der Waals surface area contributed by atoms with Crippen LogP contribution in [0.1, 0.15) is 0 Å². The molecule has 9 aromatic carbocycles. The van der Waals surface area contributed by atoms with Crippen molar-refractivity contribution in [2.45, 2.75) is 0 Å². The van der Waals surface area contributed by atoms with E-state index in [1.54, 1.807) is 0 Å². The molecule has 3 heteroatoms. The standard InChI is InChI=1S/C54H38N2O/c1-4-13-39(14-5-1)41-23-31-46(32-24-41)55(45-17-8-3-9-18-45)47-33-25-43(26-34-47)44-29-37-49(38-30-44)56(48-35-27-42(28-36-48)40-15-6-2-7-16-40)52-21-12-20-51-50-19-10-11-22-53(50)57-54(51)52/h1-38H. The normalized spacial score (nSPS) is 11.2. The van der Waals surface area contributed by atoms with Crippen molar-refractivity contribution in [2.75, 3.05) is 9.80 Å². The quantitative estimate of drug-likeness (QED) is 0.147. The van der Waals surface area contributed by atoms with Crippen LogP contribution in [-0.2, 0) is 0 Å². The molecule has 57 heavy (non-hydrogen) atoms. The lowest BCUT2D eigenvalue weighted by molar-refractivity contribution is 0.669. The maximum atomic E-state index is 6.57. The lowest BCUT2D eigenvalue weighted by Gasteiger charge is -2.26. The van der Waals surface area contributed by atoms with Crippen LogP contribution in [0.15, 0.2) is 235 Å². The molecule has 0 spiro atoms. The summed E-state index contributed by atoms with van der Waals surface area (Å²) in [7, 11) is 0. The summed E-state index contributed by atoms with van der Waals surface area (Å²) >= 11 is 0. The Morgan fingerprint density at radius 1 is 0.246 bits per heavy atom. The molecule has 0 bridgehead atoms. The molecule has 10 aromatic rings. The third-order valence-electron chi connectivity index (χ3n) is 10.7. The van der Waals surface area contributed by atoms with Crippen LogP contribution < -0.4 is 9.80 Å². The Bertz CT molecular complexity index is 2900. The third kappa shape index (κ3) is 6.62. The zero-order valence-corrected chi connectivity index (χ0v) is 31.2. The Labute approximate surface area is 333 Å². The minimum Gasteiger partial charge on any atom is -0.454 e. The van der Waals surface area contributed by atoms with Crippen LogP contribution in [0.4, 0.5) is 34.1 Å². The molecule has 10 rings (SSSR count). The second-order valence-electron chi connectivity index (χ2n) is 14.2. The maximum absolute atomic E-state index is 6.57. The fourth-order valence-corrected chi connectivity index (χ4v) is 7.83. The highest BCUT2D eigenvalue weighted by atomic mass is 16.3. The molecular weight excluding hydrogens is 693 g/mol. The first-order valence-corrected chi connectivity index (χ1v) is 19.3. The molecule has 3 nitrogen and oxygen atoms in total. The van der Waals surface area contributed by atoms with Gasteiger partial charge in [-0.25, -0.2) is 0 Å². The lowest BCUT2D eigenvalue weighted by atomic mass is 10.0. The van der Waals surface area contributed by atoms with Gasteiger partial charge >= 0.3 is 0 Å². The molecule has 0 aliphatic carbocycles. The summed E-state index contributed by atoms with van der Waals surface area (Å²) in [6.07, 6.45) is 0. The SMILES string of the molecule is c1ccc(-c2ccc(N(c3ccccc3)c3ccc(-c4ccc(N(c5ccc(-c6ccccc6)cc5)c5cccc6c5oc5ccccc56)cc4)cc3)cc2)cc1. The Kier molecular flexibility index (Phi) is 8.86. The second kappa shape index (κ2) is 14.9. The molecule has 1 aromatic heterocycles. The van der Waals surface area contributed by atoms with E-state index in [2.05, 4.69) is 228 Å². The maximum Gasteiger partial charge on any atom is 0.159 e. The Hall–Kier alpha value is -7.62. The van der Waals surface area contributed by atoms with E-state index >= 15 is 0 Å². The van der Waals surface area contributed by atoms with Gasteiger partial charge in [-0.05, 0) is 106 Å². The van der Waals surface area contributed by atoms with Gasteiger partial charge in [-0.15, -0.1) is 0 Å². The number of rotatable bonds is 9. The van der Waals surface area contributed by atoms with Crippen molar-refractivity contribution in [3.8, 4) is 33.4 Å². The van der Waals surface area contributed by atoms with Crippen molar-refractivity contribution in [1.29, 1.82) is 0 Å². The summed E-state index contributed by atoms with van der Waals surface area (Å²) in [5.41, 5.74) is 15.2. The summed E-state index contributed by atoms with van der Waals surface area (Å²) in [6, 6.07) is 81.6. The number of hydrogen-bond donors (Lipinski definition) is 0. The molecule has 0 atom stereocenters. The Balaban J connectivity index is 0.995. The topological polar surface area (TPSA) is 19.6 Å². The van der Waals surface area contributed by atoms with Gasteiger partial charge in [0.25, 0.3) is 0 Å². The molecule has 0 aliphatic rings. The fourth-order valence-electron chi connectivity index (χ4n) is 7.83. The first kappa shape index (κ1) is 33.9. The number of benzene rings is 9. The number of fused-ring (bicyclic) bond motifs is 3. The predicted octanol–water partition coefficient (Wildman–Crippen LogP) is 15.5. The van der Waals surface area contributed by atoms with Gasteiger partial charge in [-0.3, -0.25) is 0 Å². The van der Waals surface area contributed by atoms with E-state index in [-0.39, 0.29) is 0 Å². The average Bonchev–Trinajstić information content (AvgIpc) is 3.68. The second-order valence-corrected chi connectivity index (χ2v) is 14.2. The van der Waals surface area contributed by atoms with E-state index in [1.807, 2.05) is 12.1 Å². The molecule has 0 unspecified atom stereocenters. The summed E-state index contributed by atoms with van der Waals surface area (Å²) in [6.45, 7) is 0. The Morgan fingerprint density at radius 2 is 0.596 bits per heavy atom. The number of hydrogen-bond acceptors (Lipinski definition) is 3. The lowest BCUT2D eigenvalue weighted by Crippen LogP contribution is -2.10. The molecule has 0 saturated carbocycles. The number of nitrogens with zero attached hydrogens (tertiary/aromatic N) is 2. The van der Waals surface area contributed by atoms with E-state index in [4.69, 9.17) is 4.42 Å². The van der Waals surface area contributed by atoms with Crippen LogP contribution in [0.3, 0.4) is 0 Å². The Morgan fingerprint density at radius 3 is 1.07 bits per heavy atom. The van der Waals surface area contributed by atoms with E-state index in [0.29, 0.717) is 0 Å². The third-order valence-corrected chi connectivity index (χ3v) is 10.7. The molecule has 1 heterocycles. The van der Waals surface area contributed by atoms with Gasteiger partial charge in [0.2, 0.25) is 0 Å². The molecule has 0 amide bonds. The number of para-hydroxylation sites is 3. The molecule has 0 N–H and O–H groups in total.